The third kappa shape index (κ3) is 1.84. The van der Waals surface area contributed by atoms with Gasteiger partial charge in [-0.1, -0.05) is 19.8 Å². The van der Waals surface area contributed by atoms with E-state index >= 15 is 0 Å². The molecule has 4 nitrogen and oxygen atoms in total. The number of Topliss-reactive ketones (excluding diaryl/α,β-unsaturated/α-hetero) is 2. The number of ketones is 2. The van der Waals surface area contributed by atoms with Crippen LogP contribution in [0.2, 0.25) is 0 Å². The van der Waals surface area contributed by atoms with Crippen molar-refractivity contribution in [2.45, 2.75) is 64.7 Å². The van der Waals surface area contributed by atoms with Gasteiger partial charge in [-0.25, -0.2) is 0 Å². The summed E-state index contributed by atoms with van der Waals surface area (Å²) < 4.78 is 0. The SMILES string of the molecule is CCCC[C@]1(C(=O)O)C(=O)CCC[C@]12CCCC2=O. The Bertz CT molecular complexity index is 414. The van der Waals surface area contributed by atoms with Crippen molar-refractivity contribution in [1.82, 2.24) is 0 Å². The Labute approximate surface area is 113 Å². The fraction of sp³-hybridized carbons (Fsp3) is 0.800. The van der Waals surface area contributed by atoms with Gasteiger partial charge in [0.05, 0.1) is 5.41 Å². The molecule has 19 heavy (non-hydrogen) atoms. The molecule has 0 saturated heterocycles. The molecular weight excluding hydrogens is 244 g/mol. The summed E-state index contributed by atoms with van der Waals surface area (Å²) in [5.74, 6) is -1.27. The molecule has 2 aliphatic rings. The lowest BCUT2D eigenvalue weighted by Crippen LogP contribution is -2.57. The second-order valence-corrected chi connectivity index (χ2v) is 5.95. The van der Waals surface area contributed by atoms with Gasteiger partial charge in [-0.2, -0.15) is 0 Å². The number of unbranched alkanes of at least 4 members (excludes halogenated alkanes) is 1. The maximum Gasteiger partial charge on any atom is 0.318 e. The summed E-state index contributed by atoms with van der Waals surface area (Å²) in [5.41, 5.74) is -2.34. The van der Waals surface area contributed by atoms with Crippen LogP contribution in [0.3, 0.4) is 0 Å². The zero-order chi connectivity index (χ0) is 14.1. The van der Waals surface area contributed by atoms with Gasteiger partial charge < -0.3 is 5.11 Å². The van der Waals surface area contributed by atoms with Crippen LogP contribution in [0.4, 0.5) is 0 Å². The molecule has 0 aromatic heterocycles. The Balaban J connectivity index is 2.51. The molecule has 0 bridgehead atoms. The molecule has 0 aromatic carbocycles. The summed E-state index contributed by atoms with van der Waals surface area (Å²) in [6.07, 6.45) is 5.14. The molecule has 4 heteroatoms. The molecule has 106 valence electrons. The molecule has 1 N–H and O–H groups in total. The van der Waals surface area contributed by atoms with E-state index in [2.05, 4.69) is 0 Å². The molecule has 2 rings (SSSR count). The Morgan fingerprint density at radius 3 is 2.16 bits per heavy atom. The van der Waals surface area contributed by atoms with Gasteiger partial charge in [-0.05, 0) is 32.1 Å². The molecular formula is C15H22O4. The Morgan fingerprint density at radius 2 is 1.74 bits per heavy atom. The van der Waals surface area contributed by atoms with E-state index < -0.39 is 16.8 Å². The second kappa shape index (κ2) is 5.06. The van der Waals surface area contributed by atoms with Crippen molar-refractivity contribution in [2.24, 2.45) is 10.8 Å². The number of hydrogen-bond acceptors (Lipinski definition) is 3. The van der Waals surface area contributed by atoms with E-state index in [-0.39, 0.29) is 11.6 Å². The zero-order valence-electron chi connectivity index (χ0n) is 11.5. The highest BCUT2D eigenvalue weighted by molar-refractivity contribution is 6.10. The molecule has 0 unspecified atom stereocenters. The molecule has 0 aliphatic heterocycles. The molecule has 2 aliphatic carbocycles. The van der Waals surface area contributed by atoms with Crippen molar-refractivity contribution in [3.05, 3.63) is 0 Å². The summed E-state index contributed by atoms with van der Waals surface area (Å²) in [6.45, 7) is 1.98. The molecule has 2 saturated carbocycles. The van der Waals surface area contributed by atoms with Gasteiger partial charge in [0.1, 0.15) is 11.2 Å². The average Bonchev–Trinajstić information content (AvgIpc) is 2.72. The quantitative estimate of drug-likeness (QED) is 0.794. The van der Waals surface area contributed by atoms with Crippen LogP contribution in [-0.4, -0.2) is 22.6 Å². The second-order valence-electron chi connectivity index (χ2n) is 5.95. The first kappa shape index (κ1) is 14.2. The van der Waals surface area contributed by atoms with Crippen molar-refractivity contribution >= 4 is 17.5 Å². The topological polar surface area (TPSA) is 71.4 Å². The maximum atomic E-state index is 12.4. The fourth-order valence-corrected chi connectivity index (χ4v) is 4.14. The number of carbonyl (C=O) groups is 3. The van der Waals surface area contributed by atoms with E-state index in [0.29, 0.717) is 44.9 Å². The van der Waals surface area contributed by atoms with Gasteiger partial charge in [0, 0.05) is 12.8 Å². The van der Waals surface area contributed by atoms with Crippen molar-refractivity contribution in [3.8, 4) is 0 Å². The monoisotopic (exact) mass is 266 g/mol. The van der Waals surface area contributed by atoms with E-state index in [1.807, 2.05) is 6.92 Å². The minimum Gasteiger partial charge on any atom is -0.480 e. The third-order valence-corrected chi connectivity index (χ3v) is 5.11. The Hall–Kier alpha value is -1.19. The highest BCUT2D eigenvalue weighted by atomic mass is 16.4. The van der Waals surface area contributed by atoms with Crippen molar-refractivity contribution in [1.29, 1.82) is 0 Å². The van der Waals surface area contributed by atoms with Crippen LogP contribution in [0.25, 0.3) is 0 Å². The van der Waals surface area contributed by atoms with Crippen LogP contribution in [0.15, 0.2) is 0 Å². The lowest BCUT2D eigenvalue weighted by atomic mass is 9.52. The summed E-state index contributed by atoms with van der Waals surface area (Å²) in [7, 11) is 0. The predicted octanol–water partition coefficient (Wildman–Crippen LogP) is 2.74. The number of rotatable bonds is 4. The van der Waals surface area contributed by atoms with Gasteiger partial charge in [0.2, 0.25) is 0 Å². The molecule has 2 atom stereocenters. The van der Waals surface area contributed by atoms with Crippen LogP contribution in [0.5, 0.6) is 0 Å². The van der Waals surface area contributed by atoms with E-state index in [1.165, 1.54) is 0 Å². The molecule has 0 amide bonds. The van der Waals surface area contributed by atoms with Crippen molar-refractivity contribution in [2.75, 3.05) is 0 Å². The summed E-state index contributed by atoms with van der Waals surface area (Å²) in [4.78, 5) is 36.7. The predicted molar refractivity (Wildman–Crippen MR) is 69.7 cm³/mol. The van der Waals surface area contributed by atoms with Crippen molar-refractivity contribution < 1.29 is 19.5 Å². The van der Waals surface area contributed by atoms with E-state index in [0.717, 1.165) is 12.8 Å². The number of carboxylic acid groups (broad SMARTS) is 1. The highest BCUT2D eigenvalue weighted by Gasteiger charge is 2.66. The zero-order valence-corrected chi connectivity index (χ0v) is 11.5. The molecule has 0 heterocycles. The molecule has 0 aromatic rings. The minimum atomic E-state index is -1.44. The van der Waals surface area contributed by atoms with Crippen molar-refractivity contribution in [3.63, 3.8) is 0 Å². The largest absolute Gasteiger partial charge is 0.480 e. The first-order valence-corrected chi connectivity index (χ1v) is 7.31. The molecule has 2 fully saturated rings. The van der Waals surface area contributed by atoms with Gasteiger partial charge in [0.25, 0.3) is 0 Å². The lowest BCUT2D eigenvalue weighted by Gasteiger charge is -2.46. The van der Waals surface area contributed by atoms with Gasteiger partial charge >= 0.3 is 5.97 Å². The summed E-state index contributed by atoms with van der Waals surface area (Å²) in [6, 6.07) is 0. The number of aliphatic carboxylic acids is 1. The van der Waals surface area contributed by atoms with Crippen LogP contribution in [0, 0.1) is 10.8 Å². The van der Waals surface area contributed by atoms with Gasteiger partial charge in [0.15, 0.2) is 5.78 Å². The van der Waals surface area contributed by atoms with Crippen LogP contribution in [0.1, 0.15) is 64.7 Å². The first-order valence-electron chi connectivity index (χ1n) is 7.31. The average molecular weight is 266 g/mol. The maximum absolute atomic E-state index is 12.4. The van der Waals surface area contributed by atoms with Crippen LogP contribution < -0.4 is 0 Å². The van der Waals surface area contributed by atoms with E-state index in [1.54, 1.807) is 0 Å². The number of carbonyl (C=O) groups excluding carboxylic acids is 2. The van der Waals surface area contributed by atoms with Gasteiger partial charge in [-0.15, -0.1) is 0 Å². The van der Waals surface area contributed by atoms with E-state index in [9.17, 15) is 19.5 Å². The summed E-state index contributed by atoms with van der Waals surface area (Å²) in [5, 5.41) is 9.76. The standard InChI is InChI=1S/C15H22O4/c1-2-3-10-15(13(18)19)12(17)7-5-9-14(15)8-4-6-11(14)16/h2-10H2,1H3,(H,18,19)/t14-,15+/m0/s1. The normalized spacial score (nSPS) is 35.0. The van der Waals surface area contributed by atoms with Crippen LogP contribution in [-0.2, 0) is 14.4 Å². The lowest BCUT2D eigenvalue weighted by molar-refractivity contribution is -0.174. The first-order chi connectivity index (χ1) is 9.01. The molecule has 0 radical (unpaired) electrons. The van der Waals surface area contributed by atoms with E-state index in [4.69, 9.17) is 0 Å². The summed E-state index contributed by atoms with van der Waals surface area (Å²) >= 11 is 0. The molecule has 1 spiro atoms. The van der Waals surface area contributed by atoms with Crippen LogP contribution >= 0.6 is 0 Å². The Kier molecular flexibility index (Phi) is 3.79. The third-order valence-electron chi connectivity index (χ3n) is 5.11. The number of carboxylic acids is 1. The smallest absolute Gasteiger partial charge is 0.318 e. The number of hydrogen-bond donors (Lipinski definition) is 1. The fourth-order valence-electron chi connectivity index (χ4n) is 4.14. The van der Waals surface area contributed by atoms with Gasteiger partial charge in [-0.3, -0.25) is 14.4 Å². The Morgan fingerprint density at radius 1 is 1.16 bits per heavy atom. The minimum absolute atomic E-state index is 0.0130. The highest BCUT2D eigenvalue weighted by Crippen LogP contribution is 2.58.